The molecular weight excluding hydrogens is 520 g/mol. The Morgan fingerprint density at radius 2 is 1.60 bits per heavy atom. The van der Waals surface area contributed by atoms with Crippen LogP contribution in [0.2, 0.25) is 0 Å². The van der Waals surface area contributed by atoms with E-state index >= 15 is 0 Å². The monoisotopic (exact) mass is 564 g/mol. The minimum atomic E-state index is -0.937. The van der Waals surface area contributed by atoms with Gasteiger partial charge in [-0.2, -0.15) is 0 Å². The van der Waals surface area contributed by atoms with Gasteiger partial charge in [0.2, 0.25) is 17.7 Å². The van der Waals surface area contributed by atoms with E-state index in [1.54, 1.807) is 34.4 Å². The fraction of sp³-hybridized carbons (Fsp3) is 0.625. The highest BCUT2D eigenvalue weighted by Gasteiger charge is 2.24. The Kier molecular flexibility index (Phi) is 16.7. The highest BCUT2D eigenvalue weighted by Crippen LogP contribution is 2.02. The van der Waals surface area contributed by atoms with Crippen molar-refractivity contribution in [2.75, 3.05) is 47.8 Å². The highest BCUT2D eigenvalue weighted by molar-refractivity contribution is 5.91. The van der Waals surface area contributed by atoms with E-state index in [0.717, 1.165) is 0 Å². The number of carbonyl (C=O) groups is 4. The minimum Gasteiger partial charge on any atom is -0.359 e. The number of amides is 3. The number of aromatic nitrogens is 2. The van der Waals surface area contributed by atoms with Crippen LogP contribution >= 0.6 is 0 Å². The molecule has 0 spiro atoms. The van der Waals surface area contributed by atoms with Gasteiger partial charge in [0.05, 0.1) is 25.0 Å². The summed E-state index contributed by atoms with van der Waals surface area (Å²) in [6.07, 6.45) is 5.69. The average Bonchev–Trinajstić information content (AvgIpc) is 3.47. The highest BCUT2D eigenvalue weighted by atomic mass is 16.2. The summed E-state index contributed by atoms with van der Waals surface area (Å²) >= 11 is 0. The first-order valence-electron chi connectivity index (χ1n) is 13.1. The maximum atomic E-state index is 13.0. The number of carbonyl (C=O) groups excluding carboxylic acids is 4. The molecule has 1 aromatic heterocycles. The van der Waals surface area contributed by atoms with E-state index in [9.17, 15) is 19.2 Å². The van der Waals surface area contributed by atoms with Gasteiger partial charge in [0, 0.05) is 59.6 Å². The standard InChI is InChI=1S/C24H44N12O4/c1-26-23(27-2)31-9-5-7-18(25)21(39)33-13-20(38)36-19(8-6-10-32-24(28-3)29-4)22(40)35-17(14-37)11-16-12-30-15-34-16/h12,14-15,17-19H,5-11,13,25H2,1-4H3,(H,30,34)(H,33,39)(H,35,40)(H,36,38)(H2,26,27,31)(H2,28,29,32)/t17-,18-,19-/m0/s1. The number of aromatic amines is 1. The Morgan fingerprint density at radius 1 is 0.975 bits per heavy atom. The molecular formula is C24H44N12O4. The summed E-state index contributed by atoms with van der Waals surface area (Å²) in [7, 11) is 6.75. The van der Waals surface area contributed by atoms with Crippen LogP contribution in [-0.4, -0.2) is 112 Å². The molecule has 1 heterocycles. The van der Waals surface area contributed by atoms with Crippen molar-refractivity contribution in [3.05, 3.63) is 18.2 Å². The Morgan fingerprint density at radius 3 is 2.12 bits per heavy atom. The summed E-state index contributed by atoms with van der Waals surface area (Å²) in [6.45, 7) is 0.707. The Labute approximate surface area is 234 Å². The first kappa shape index (κ1) is 33.8. The molecule has 0 radical (unpaired) electrons. The number of rotatable bonds is 17. The predicted molar refractivity (Wildman–Crippen MR) is 153 cm³/mol. The molecule has 0 aliphatic rings. The van der Waals surface area contributed by atoms with Gasteiger partial charge in [-0.25, -0.2) is 4.98 Å². The van der Waals surface area contributed by atoms with E-state index < -0.39 is 35.8 Å². The van der Waals surface area contributed by atoms with Gasteiger partial charge in [-0.15, -0.1) is 0 Å². The van der Waals surface area contributed by atoms with Gasteiger partial charge in [-0.05, 0) is 25.7 Å². The molecule has 0 saturated heterocycles. The van der Waals surface area contributed by atoms with Crippen molar-refractivity contribution in [2.45, 2.75) is 50.2 Å². The molecule has 1 aromatic rings. The lowest BCUT2D eigenvalue weighted by Crippen LogP contribution is -2.53. The number of aldehydes is 1. The molecule has 16 heteroatoms. The first-order valence-corrected chi connectivity index (χ1v) is 13.1. The van der Waals surface area contributed by atoms with Gasteiger partial charge in [-0.3, -0.25) is 24.4 Å². The van der Waals surface area contributed by atoms with Gasteiger partial charge in [0.15, 0.2) is 11.9 Å². The number of nitrogens with one attached hydrogen (secondary N) is 8. The predicted octanol–water partition coefficient (Wildman–Crippen LogP) is -3.29. The van der Waals surface area contributed by atoms with Crippen molar-refractivity contribution in [3.63, 3.8) is 0 Å². The Hall–Kier alpha value is -4.21. The molecule has 0 aromatic carbocycles. The van der Waals surface area contributed by atoms with Crippen molar-refractivity contribution in [1.29, 1.82) is 0 Å². The van der Waals surface area contributed by atoms with Crippen LogP contribution in [-0.2, 0) is 25.6 Å². The molecule has 0 saturated carbocycles. The summed E-state index contributed by atoms with van der Waals surface area (Å²) in [5.74, 6) is -0.338. The maximum absolute atomic E-state index is 13.0. The van der Waals surface area contributed by atoms with E-state index in [0.29, 0.717) is 56.3 Å². The third kappa shape index (κ3) is 13.5. The summed E-state index contributed by atoms with van der Waals surface area (Å²) in [6, 6.07) is -2.55. The molecule has 3 atom stereocenters. The first-order chi connectivity index (χ1) is 19.3. The second-order valence-corrected chi connectivity index (χ2v) is 8.76. The smallest absolute Gasteiger partial charge is 0.243 e. The second-order valence-electron chi connectivity index (χ2n) is 8.76. The fourth-order valence-corrected chi connectivity index (χ4v) is 3.59. The van der Waals surface area contributed by atoms with Crippen LogP contribution < -0.4 is 43.0 Å². The number of H-pyrrole nitrogens is 1. The normalized spacial score (nSPS) is 13.8. The maximum Gasteiger partial charge on any atom is 0.243 e. The van der Waals surface area contributed by atoms with Crippen molar-refractivity contribution in [3.8, 4) is 0 Å². The molecule has 0 bridgehead atoms. The lowest BCUT2D eigenvalue weighted by atomic mass is 10.1. The zero-order chi connectivity index (χ0) is 29.8. The quantitative estimate of drug-likeness (QED) is 0.0396. The Bertz CT molecular complexity index is 967. The molecule has 3 amide bonds. The third-order valence-corrected chi connectivity index (χ3v) is 5.77. The topological polar surface area (TPSA) is 232 Å². The molecule has 0 aliphatic heterocycles. The van der Waals surface area contributed by atoms with Crippen LogP contribution in [0.5, 0.6) is 0 Å². The van der Waals surface area contributed by atoms with Crippen molar-refractivity contribution >= 4 is 35.9 Å². The molecule has 224 valence electrons. The number of guanidine groups is 2. The molecule has 0 fully saturated rings. The number of aliphatic imine (C=N–C) groups is 2. The average molecular weight is 565 g/mol. The lowest BCUT2D eigenvalue weighted by molar-refractivity contribution is -0.131. The van der Waals surface area contributed by atoms with Gasteiger partial charge in [0.25, 0.3) is 0 Å². The fourth-order valence-electron chi connectivity index (χ4n) is 3.59. The SMILES string of the molecule is CN=C(NC)NCCC[C@H](NC(=O)CNC(=O)[C@@H](N)CCCNC(=NC)NC)C(=O)N[C@H](C=O)Cc1cnc[nH]1. The van der Waals surface area contributed by atoms with Crippen LogP contribution in [0.1, 0.15) is 31.4 Å². The van der Waals surface area contributed by atoms with Gasteiger partial charge >= 0.3 is 0 Å². The number of imidazole rings is 1. The van der Waals surface area contributed by atoms with E-state index in [-0.39, 0.29) is 19.4 Å². The molecule has 40 heavy (non-hydrogen) atoms. The summed E-state index contributed by atoms with van der Waals surface area (Å²) in [5.41, 5.74) is 6.62. The zero-order valence-corrected chi connectivity index (χ0v) is 23.7. The molecule has 0 aliphatic carbocycles. The van der Waals surface area contributed by atoms with Gasteiger partial charge < -0.3 is 52.7 Å². The van der Waals surface area contributed by atoms with Crippen LogP contribution in [0, 0.1) is 0 Å². The summed E-state index contributed by atoms with van der Waals surface area (Å²) in [5, 5.41) is 19.7. The van der Waals surface area contributed by atoms with E-state index in [1.807, 2.05) is 0 Å². The molecule has 16 nitrogen and oxygen atoms in total. The second kappa shape index (κ2) is 19.8. The molecule has 10 N–H and O–H groups in total. The molecule has 1 rings (SSSR count). The van der Waals surface area contributed by atoms with Gasteiger partial charge in [0.1, 0.15) is 12.3 Å². The van der Waals surface area contributed by atoms with E-state index in [2.05, 4.69) is 57.2 Å². The van der Waals surface area contributed by atoms with Crippen LogP contribution in [0.4, 0.5) is 0 Å². The minimum absolute atomic E-state index is 0.223. The number of hydrogen-bond acceptors (Lipinski definition) is 8. The van der Waals surface area contributed by atoms with E-state index in [1.165, 1.54) is 6.33 Å². The number of nitrogens with zero attached hydrogens (tertiary/aromatic N) is 3. The summed E-state index contributed by atoms with van der Waals surface area (Å²) < 4.78 is 0. The van der Waals surface area contributed by atoms with Crippen molar-refractivity contribution in [1.82, 2.24) is 47.2 Å². The van der Waals surface area contributed by atoms with Crippen LogP contribution in [0.15, 0.2) is 22.5 Å². The largest absolute Gasteiger partial charge is 0.359 e. The molecule has 0 unspecified atom stereocenters. The van der Waals surface area contributed by atoms with Crippen LogP contribution in [0.25, 0.3) is 0 Å². The zero-order valence-electron chi connectivity index (χ0n) is 23.7. The third-order valence-electron chi connectivity index (χ3n) is 5.77. The van der Waals surface area contributed by atoms with Crippen molar-refractivity contribution < 1.29 is 19.2 Å². The van der Waals surface area contributed by atoms with Crippen molar-refractivity contribution in [2.24, 2.45) is 15.7 Å². The van der Waals surface area contributed by atoms with Crippen LogP contribution in [0.3, 0.4) is 0 Å². The van der Waals surface area contributed by atoms with Gasteiger partial charge in [-0.1, -0.05) is 0 Å². The lowest BCUT2D eigenvalue weighted by Gasteiger charge is -2.21. The number of nitrogens with two attached hydrogens (primary N) is 1. The van der Waals surface area contributed by atoms with E-state index in [4.69, 9.17) is 5.73 Å². The summed E-state index contributed by atoms with van der Waals surface area (Å²) in [4.78, 5) is 64.4. The Balaban J connectivity index is 2.64. The number of hydrogen-bond donors (Lipinski definition) is 9.